The fourth-order valence-corrected chi connectivity index (χ4v) is 2.98. The summed E-state index contributed by atoms with van der Waals surface area (Å²) in [6.45, 7) is 6.01. The molecule has 1 saturated heterocycles. The van der Waals surface area contributed by atoms with Crippen molar-refractivity contribution in [2.45, 2.75) is 13.5 Å². The number of nitrogens with one attached hydrogen (secondary N) is 1. The number of hydrogen-bond acceptors (Lipinski definition) is 5. The molecule has 6 heteroatoms. The van der Waals surface area contributed by atoms with Gasteiger partial charge in [0.05, 0.1) is 26.0 Å². The van der Waals surface area contributed by atoms with Gasteiger partial charge in [0.1, 0.15) is 5.75 Å². The van der Waals surface area contributed by atoms with Crippen LogP contribution in [0.2, 0.25) is 0 Å². The van der Waals surface area contributed by atoms with Crippen LogP contribution in [0.3, 0.4) is 0 Å². The first kappa shape index (κ1) is 19.1. The van der Waals surface area contributed by atoms with Crippen LogP contribution >= 0.6 is 0 Å². The first-order chi connectivity index (χ1) is 13.2. The molecular formula is C21H25N3O3. The van der Waals surface area contributed by atoms with E-state index in [9.17, 15) is 4.79 Å². The van der Waals surface area contributed by atoms with Gasteiger partial charge in [0.15, 0.2) is 0 Å². The van der Waals surface area contributed by atoms with E-state index in [1.807, 2.05) is 37.3 Å². The molecule has 0 unspecified atom stereocenters. The Morgan fingerprint density at radius 3 is 2.59 bits per heavy atom. The van der Waals surface area contributed by atoms with Gasteiger partial charge in [-0.05, 0) is 42.8 Å². The largest absolute Gasteiger partial charge is 0.496 e. The third-order valence-electron chi connectivity index (χ3n) is 4.56. The number of morpholine rings is 1. The number of amides is 1. The molecule has 1 N–H and O–H groups in total. The Morgan fingerprint density at radius 2 is 1.89 bits per heavy atom. The second-order valence-corrected chi connectivity index (χ2v) is 6.42. The number of ether oxygens (including phenoxy) is 2. The highest BCUT2D eigenvalue weighted by atomic mass is 16.5. The molecule has 1 heterocycles. The van der Waals surface area contributed by atoms with Crippen LogP contribution in [0.15, 0.2) is 53.6 Å². The average Bonchev–Trinajstić information content (AvgIpc) is 2.73. The Morgan fingerprint density at radius 1 is 1.15 bits per heavy atom. The van der Waals surface area contributed by atoms with E-state index in [-0.39, 0.29) is 5.91 Å². The summed E-state index contributed by atoms with van der Waals surface area (Å²) < 4.78 is 10.9. The van der Waals surface area contributed by atoms with Crippen LogP contribution in [0, 0.1) is 0 Å². The number of rotatable bonds is 6. The Labute approximate surface area is 159 Å². The molecule has 0 bridgehead atoms. The maximum absolute atomic E-state index is 12.2. The quantitative estimate of drug-likeness (QED) is 0.630. The van der Waals surface area contributed by atoms with Crippen molar-refractivity contribution < 1.29 is 14.3 Å². The minimum absolute atomic E-state index is 0.225. The molecule has 0 atom stereocenters. The molecule has 1 aliphatic rings. The average molecular weight is 367 g/mol. The molecule has 1 amide bonds. The second-order valence-electron chi connectivity index (χ2n) is 6.42. The Bertz CT molecular complexity index is 800. The molecule has 3 rings (SSSR count). The molecular weight excluding hydrogens is 342 g/mol. The number of methoxy groups -OCH3 is 1. The predicted molar refractivity (Wildman–Crippen MR) is 105 cm³/mol. The minimum atomic E-state index is -0.225. The van der Waals surface area contributed by atoms with E-state index in [4.69, 9.17) is 9.47 Å². The third-order valence-corrected chi connectivity index (χ3v) is 4.56. The van der Waals surface area contributed by atoms with Crippen molar-refractivity contribution in [3.05, 3.63) is 65.2 Å². The fraction of sp³-hybridized carbons (Fsp3) is 0.333. The van der Waals surface area contributed by atoms with Gasteiger partial charge in [-0.2, -0.15) is 5.10 Å². The van der Waals surface area contributed by atoms with Gasteiger partial charge in [0.25, 0.3) is 5.91 Å². The molecule has 6 nitrogen and oxygen atoms in total. The zero-order valence-corrected chi connectivity index (χ0v) is 15.8. The molecule has 0 radical (unpaired) electrons. The van der Waals surface area contributed by atoms with Crippen molar-refractivity contribution in [1.82, 2.24) is 10.3 Å². The Kier molecular flexibility index (Phi) is 6.57. The monoisotopic (exact) mass is 367 g/mol. The van der Waals surface area contributed by atoms with Gasteiger partial charge in [-0.25, -0.2) is 5.43 Å². The summed E-state index contributed by atoms with van der Waals surface area (Å²) in [5, 5.41) is 4.26. The number of hydrogen-bond donors (Lipinski definition) is 1. The third kappa shape index (κ3) is 5.15. The standard InChI is InChI=1S/C21H25N3O3/c1-16(22-23-21(25)17-6-4-3-5-7-17)18-8-9-20(26-2)19(14-18)15-24-10-12-27-13-11-24/h3-9,14H,10-13,15H2,1-2H3,(H,23,25)/b22-16-. The van der Waals surface area contributed by atoms with E-state index < -0.39 is 0 Å². The molecule has 1 fully saturated rings. The number of benzene rings is 2. The van der Waals surface area contributed by atoms with Gasteiger partial charge in [0.2, 0.25) is 0 Å². The van der Waals surface area contributed by atoms with Crippen molar-refractivity contribution in [2.75, 3.05) is 33.4 Å². The molecule has 27 heavy (non-hydrogen) atoms. The highest BCUT2D eigenvalue weighted by Gasteiger charge is 2.14. The van der Waals surface area contributed by atoms with Crippen molar-refractivity contribution in [3.63, 3.8) is 0 Å². The maximum atomic E-state index is 12.2. The molecule has 0 spiro atoms. The fourth-order valence-electron chi connectivity index (χ4n) is 2.98. The van der Waals surface area contributed by atoms with Gasteiger partial charge in [-0.1, -0.05) is 18.2 Å². The van der Waals surface area contributed by atoms with E-state index in [1.54, 1.807) is 19.2 Å². The smallest absolute Gasteiger partial charge is 0.271 e. The van der Waals surface area contributed by atoms with Gasteiger partial charge in [-0.15, -0.1) is 0 Å². The minimum Gasteiger partial charge on any atom is -0.496 e. The van der Waals surface area contributed by atoms with Crippen molar-refractivity contribution in [1.29, 1.82) is 0 Å². The zero-order chi connectivity index (χ0) is 19.1. The molecule has 1 aliphatic heterocycles. The predicted octanol–water partition coefficient (Wildman–Crippen LogP) is 2.68. The van der Waals surface area contributed by atoms with E-state index >= 15 is 0 Å². The first-order valence-corrected chi connectivity index (χ1v) is 9.04. The SMILES string of the molecule is COc1ccc(/C(C)=N\NC(=O)c2ccccc2)cc1CN1CCOCC1. The molecule has 2 aromatic rings. The second kappa shape index (κ2) is 9.30. The van der Waals surface area contributed by atoms with Crippen LogP contribution in [0.5, 0.6) is 5.75 Å². The number of hydrazone groups is 1. The first-order valence-electron chi connectivity index (χ1n) is 9.04. The van der Waals surface area contributed by atoms with Crippen molar-refractivity contribution in [2.24, 2.45) is 5.10 Å². The summed E-state index contributed by atoms with van der Waals surface area (Å²) in [5.74, 6) is 0.628. The van der Waals surface area contributed by atoms with Crippen LogP contribution in [0.1, 0.15) is 28.4 Å². The lowest BCUT2D eigenvalue weighted by Crippen LogP contribution is -2.35. The molecule has 0 saturated carbocycles. The van der Waals surface area contributed by atoms with E-state index in [1.165, 1.54) is 0 Å². The summed E-state index contributed by atoms with van der Waals surface area (Å²) in [5.41, 5.74) is 5.99. The lowest BCUT2D eigenvalue weighted by Gasteiger charge is -2.27. The maximum Gasteiger partial charge on any atom is 0.271 e. The van der Waals surface area contributed by atoms with Crippen LogP contribution < -0.4 is 10.2 Å². The van der Waals surface area contributed by atoms with Gasteiger partial charge in [-0.3, -0.25) is 9.69 Å². The molecule has 0 aromatic heterocycles. The lowest BCUT2D eigenvalue weighted by atomic mass is 10.1. The topological polar surface area (TPSA) is 63.2 Å². The molecule has 2 aromatic carbocycles. The normalized spacial score (nSPS) is 15.4. The van der Waals surface area contributed by atoms with Crippen LogP contribution in [0.25, 0.3) is 0 Å². The zero-order valence-electron chi connectivity index (χ0n) is 15.8. The lowest BCUT2D eigenvalue weighted by molar-refractivity contribution is 0.0339. The Balaban J connectivity index is 1.72. The Hall–Kier alpha value is -2.70. The van der Waals surface area contributed by atoms with Gasteiger partial charge < -0.3 is 9.47 Å². The van der Waals surface area contributed by atoms with Crippen LogP contribution in [-0.2, 0) is 11.3 Å². The highest BCUT2D eigenvalue weighted by Crippen LogP contribution is 2.22. The summed E-state index contributed by atoms with van der Waals surface area (Å²) in [6.07, 6.45) is 0. The molecule has 142 valence electrons. The van der Waals surface area contributed by atoms with E-state index in [2.05, 4.69) is 21.5 Å². The summed E-state index contributed by atoms with van der Waals surface area (Å²) in [7, 11) is 1.68. The molecule has 0 aliphatic carbocycles. The number of carbonyl (C=O) groups is 1. The number of carbonyl (C=O) groups excluding carboxylic acids is 1. The van der Waals surface area contributed by atoms with Crippen molar-refractivity contribution in [3.8, 4) is 5.75 Å². The highest BCUT2D eigenvalue weighted by molar-refractivity contribution is 6.01. The number of nitrogens with zero attached hydrogens (tertiary/aromatic N) is 2. The van der Waals surface area contributed by atoms with Crippen LogP contribution in [0.4, 0.5) is 0 Å². The van der Waals surface area contributed by atoms with Gasteiger partial charge >= 0.3 is 0 Å². The van der Waals surface area contributed by atoms with E-state index in [0.29, 0.717) is 5.56 Å². The van der Waals surface area contributed by atoms with Crippen molar-refractivity contribution >= 4 is 11.6 Å². The van der Waals surface area contributed by atoms with Crippen LogP contribution in [-0.4, -0.2) is 49.9 Å². The van der Waals surface area contributed by atoms with E-state index in [0.717, 1.165) is 55.4 Å². The van der Waals surface area contributed by atoms with Gasteiger partial charge in [0, 0.05) is 30.8 Å². The summed E-state index contributed by atoms with van der Waals surface area (Å²) >= 11 is 0. The summed E-state index contributed by atoms with van der Waals surface area (Å²) in [6, 6.07) is 15.0. The summed E-state index contributed by atoms with van der Waals surface area (Å²) in [4.78, 5) is 14.5.